The number of benzene rings is 1. The smallest absolute Gasteiger partial charge is 0.348 e. The molecule has 2 heterocycles. The number of hydrogen-bond donors (Lipinski definition) is 2. The zero-order valence-electron chi connectivity index (χ0n) is 15.1. The molecule has 0 aliphatic carbocycles. The Morgan fingerprint density at radius 3 is 2.69 bits per heavy atom. The number of carbonyl (C=O) groups is 1. The van der Waals surface area contributed by atoms with E-state index in [1.807, 2.05) is 0 Å². The number of pyridine rings is 1. The van der Waals surface area contributed by atoms with Gasteiger partial charge in [-0.1, -0.05) is 22.0 Å². The molecule has 0 fully saturated rings. The SMILES string of the molecule is Cc1cnccc1CNC(=O)c1cnc(Nc2cccc(Br)c2)nc1C(F)(F)F. The fourth-order valence-electron chi connectivity index (χ4n) is 2.49. The molecule has 10 heteroatoms. The van der Waals surface area contributed by atoms with Gasteiger partial charge in [-0.05, 0) is 42.3 Å². The van der Waals surface area contributed by atoms with Crippen LogP contribution in [0.5, 0.6) is 0 Å². The van der Waals surface area contributed by atoms with E-state index in [-0.39, 0.29) is 12.5 Å². The summed E-state index contributed by atoms with van der Waals surface area (Å²) in [4.78, 5) is 23.7. The van der Waals surface area contributed by atoms with Crippen LogP contribution in [0.2, 0.25) is 0 Å². The Morgan fingerprint density at radius 1 is 1.21 bits per heavy atom. The number of nitrogens with zero attached hydrogens (tertiary/aromatic N) is 3. The standard InChI is InChI=1S/C19H15BrF3N5O/c1-11-8-24-6-5-12(11)9-25-17(29)15-10-26-18(28-16(15)19(21,22)23)27-14-4-2-3-13(20)7-14/h2-8,10H,9H2,1H3,(H,25,29)(H,26,27,28). The molecule has 0 bridgehead atoms. The molecule has 0 radical (unpaired) electrons. The summed E-state index contributed by atoms with van der Waals surface area (Å²) in [5, 5.41) is 5.17. The zero-order valence-corrected chi connectivity index (χ0v) is 16.7. The van der Waals surface area contributed by atoms with Gasteiger partial charge in [0.15, 0.2) is 5.69 Å². The van der Waals surface area contributed by atoms with Crippen LogP contribution in [0.15, 0.2) is 53.4 Å². The van der Waals surface area contributed by atoms with Crippen LogP contribution in [-0.4, -0.2) is 20.9 Å². The Balaban J connectivity index is 1.84. The Kier molecular flexibility index (Phi) is 6.12. The van der Waals surface area contributed by atoms with Crippen molar-refractivity contribution in [1.82, 2.24) is 20.3 Å². The van der Waals surface area contributed by atoms with Crippen LogP contribution < -0.4 is 10.6 Å². The van der Waals surface area contributed by atoms with Gasteiger partial charge in [-0.15, -0.1) is 0 Å². The van der Waals surface area contributed by atoms with E-state index in [0.29, 0.717) is 5.69 Å². The summed E-state index contributed by atoms with van der Waals surface area (Å²) in [6, 6.07) is 8.47. The number of alkyl halides is 3. The average molecular weight is 466 g/mol. The number of hydrogen-bond acceptors (Lipinski definition) is 5. The van der Waals surface area contributed by atoms with Gasteiger partial charge in [-0.3, -0.25) is 9.78 Å². The Morgan fingerprint density at radius 2 is 2.00 bits per heavy atom. The fourth-order valence-corrected chi connectivity index (χ4v) is 2.89. The van der Waals surface area contributed by atoms with Crippen molar-refractivity contribution < 1.29 is 18.0 Å². The summed E-state index contributed by atoms with van der Waals surface area (Å²) in [6.45, 7) is 1.85. The van der Waals surface area contributed by atoms with E-state index in [1.54, 1.807) is 49.6 Å². The number of rotatable bonds is 5. The number of anilines is 2. The highest BCUT2D eigenvalue weighted by atomic mass is 79.9. The van der Waals surface area contributed by atoms with E-state index in [2.05, 4.69) is 41.5 Å². The van der Waals surface area contributed by atoms with E-state index in [0.717, 1.165) is 21.8 Å². The van der Waals surface area contributed by atoms with E-state index in [1.165, 1.54) is 0 Å². The lowest BCUT2D eigenvalue weighted by molar-refractivity contribution is -0.141. The van der Waals surface area contributed by atoms with Gasteiger partial charge in [-0.2, -0.15) is 13.2 Å². The second-order valence-electron chi connectivity index (χ2n) is 6.07. The molecule has 3 aromatic rings. The second kappa shape index (κ2) is 8.56. The van der Waals surface area contributed by atoms with Gasteiger partial charge < -0.3 is 10.6 Å². The maximum Gasteiger partial charge on any atom is 0.434 e. The Labute approximate surface area is 172 Å². The average Bonchev–Trinajstić information content (AvgIpc) is 2.66. The van der Waals surface area contributed by atoms with Crippen molar-refractivity contribution >= 4 is 33.5 Å². The highest BCUT2D eigenvalue weighted by Gasteiger charge is 2.38. The van der Waals surface area contributed by atoms with Crippen molar-refractivity contribution in [1.29, 1.82) is 0 Å². The molecule has 2 aromatic heterocycles. The predicted molar refractivity (Wildman–Crippen MR) is 105 cm³/mol. The third-order valence-electron chi connectivity index (χ3n) is 3.96. The maximum atomic E-state index is 13.5. The monoisotopic (exact) mass is 465 g/mol. The number of carbonyl (C=O) groups excluding carboxylic acids is 1. The van der Waals surface area contributed by atoms with Crippen LogP contribution >= 0.6 is 15.9 Å². The largest absolute Gasteiger partial charge is 0.434 e. The maximum absolute atomic E-state index is 13.5. The van der Waals surface area contributed by atoms with Crippen molar-refractivity contribution in [2.45, 2.75) is 19.6 Å². The van der Waals surface area contributed by atoms with Gasteiger partial charge in [0.25, 0.3) is 5.91 Å². The molecule has 150 valence electrons. The Bertz CT molecular complexity index is 1040. The first-order valence-electron chi connectivity index (χ1n) is 8.38. The third kappa shape index (κ3) is 5.29. The highest BCUT2D eigenvalue weighted by molar-refractivity contribution is 9.10. The number of halogens is 4. The summed E-state index contributed by atoms with van der Waals surface area (Å²) < 4.78 is 41.3. The minimum Gasteiger partial charge on any atom is -0.348 e. The fraction of sp³-hybridized carbons (Fsp3) is 0.158. The summed E-state index contributed by atoms with van der Waals surface area (Å²) in [5.74, 6) is -1.18. The van der Waals surface area contributed by atoms with Crippen LogP contribution in [-0.2, 0) is 12.7 Å². The molecular weight excluding hydrogens is 451 g/mol. The van der Waals surface area contributed by atoms with Crippen molar-refractivity contribution in [3.05, 3.63) is 75.8 Å². The Hall–Kier alpha value is -3.01. The summed E-state index contributed by atoms with van der Waals surface area (Å²) in [6.07, 6.45) is -0.809. The molecule has 0 aliphatic rings. The molecule has 2 N–H and O–H groups in total. The molecule has 0 saturated carbocycles. The molecule has 1 aromatic carbocycles. The topological polar surface area (TPSA) is 79.8 Å². The van der Waals surface area contributed by atoms with E-state index in [4.69, 9.17) is 0 Å². The molecule has 6 nitrogen and oxygen atoms in total. The lowest BCUT2D eigenvalue weighted by Crippen LogP contribution is -2.27. The number of aromatic nitrogens is 3. The van der Waals surface area contributed by atoms with Gasteiger partial charge in [0, 0.05) is 35.3 Å². The first-order valence-corrected chi connectivity index (χ1v) is 9.18. The summed E-state index contributed by atoms with van der Waals surface area (Å²) in [5.41, 5.74) is 0.0974. The molecule has 0 spiro atoms. The van der Waals surface area contributed by atoms with Gasteiger partial charge in [0.2, 0.25) is 5.95 Å². The summed E-state index contributed by atoms with van der Waals surface area (Å²) >= 11 is 3.28. The predicted octanol–water partition coefficient (Wildman–Crippen LogP) is 4.63. The quantitative estimate of drug-likeness (QED) is 0.573. The van der Waals surface area contributed by atoms with E-state index < -0.39 is 23.3 Å². The van der Waals surface area contributed by atoms with Gasteiger partial charge in [0.05, 0.1) is 5.56 Å². The minimum absolute atomic E-state index is 0.0581. The van der Waals surface area contributed by atoms with Gasteiger partial charge in [0.1, 0.15) is 0 Å². The van der Waals surface area contributed by atoms with Crippen molar-refractivity contribution in [3.8, 4) is 0 Å². The molecule has 3 rings (SSSR count). The lowest BCUT2D eigenvalue weighted by atomic mass is 10.1. The lowest BCUT2D eigenvalue weighted by Gasteiger charge is -2.14. The van der Waals surface area contributed by atoms with Crippen molar-refractivity contribution in [2.75, 3.05) is 5.32 Å². The molecule has 0 atom stereocenters. The van der Waals surface area contributed by atoms with Gasteiger partial charge >= 0.3 is 6.18 Å². The van der Waals surface area contributed by atoms with Crippen LogP contribution in [0.4, 0.5) is 24.8 Å². The van der Waals surface area contributed by atoms with Crippen LogP contribution in [0.25, 0.3) is 0 Å². The summed E-state index contributed by atoms with van der Waals surface area (Å²) in [7, 11) is 0. The zero-order chi connectivity index (χ0) is 21.0. The molecule has 0 aliphatic heterocycles. The first kappa shape index (κ1) is 20.7. The van der Waals surface area contributed by atoms with Crippen LogP contribution in [0.3, 0.4) is 0 Å². The van der Waals surface area contributed by atoms with Crippen molar-refractivity contribution in [2.24, 2.45) is 0 Å². The van der Waals surface area contributed by atoms with E-state index >= 15 is 0 Å². The minimum atomic E-state index is -4.82. The molecule has 1 amide bonds. The molecule has 0 saturated heterocycles. The van der Waals surface area contributed by atoms with Crippen LogP contribution in [0.1, 0.15) is 27.2 Å². The number of amides is 1. The van der Waals surface area contributed by atoms with Crippen molar-refractivity contribution in [3.63, 3.8) is 0 Å². The second-order valence-corrected chi connectivity index (χ2v) is 6.99. The van der Waals surface area contributed by atoms with Gasteiger partial charge in [-0.25, -0.2) is 9.97 Å². The highest BCUT2D eigenvalue weighted by Crippen LogP contribution is 2.31. The number of nitrogens with one attached hydrogen (secondary N) is 2. The molecule has 29 heavy (non-hydrogen) atoms. The first-order chi connectivity index (χ1) is 13.7. The van der Waals surface area contributed by atoms with E-state index in [9.17, 15) is 18.0 Å². The number of aryl methyl sites for hydroxylation is 1. The molecule has 0 unspecified atom stereocenters. The molecular formula is C19H15BrF3N5O. The normalized spacial score (nSPS) is 11.2. The van der Waals surface area contributed by atoms with Crippen LogP contribution in [0, 0.1) is 6.92 Å². The third-order valence-corrected chi connectivity index (χ3v) is 4.45.